The highest BCUT2D eigenvalue weighted by atomic mass is 32.2. The molecule has 0 atom stereocenters. The molecule has 2 heterocycles. The van der Waals surface area contributed by atoms with Crippen LogP contribution in [0.15, 0.2) is 23.1 Å². The smallest absolute Gasteiger partial charge is 0.242 e. The number of hydrogen-bond acceptors (Lipinski definition) is 7. The maximum atomic E-state index is 12.4. The van der Waals surface area contributed by atoms with Gasteiger partial charge in [0.05, 0.1) is 15.9 Å². The molecule has 11 heteroatoms. The summed E-state index contributed by atoms with van der Waals surface area (Å²) in [6.45, 7) is 4.64. The van der Waals surface area contributed by atoms with Crippen LogP contribution < -0.4 is 5.32 Å². The Balaban J connectivity index is 1.79. The Morgan fingerprint density at radius 3 is 2.62 bits per heavy atom. The maximum absolute atomic E-state index is 12.4. The van der Waals surface area contributed by atoms with E-state index in [4.69, 9.17) is 0 Å². The van der Waals surface area contributed by atoms with Crippen LogP contribution in [0.5, 0.6) is 0 Å². The van der Waals surface area contributed by atoms with Crippen LogP contribution in [0.4, 0.5) is 5.13 Å². The molecule has 0 saturated carbocycles. The Morgan fingerprint density at radius 2 is 2.00 bits per heavy atom. The molecule has 29 heavy (non-hydrogen) atoms. The van der Waals surface area contributed by atoms with Crippen molar-refractivity contribution >= 4 is 43.4 Å². The number of fused-ring (bicyclic) bond motifs is 1. The fourth-order valence-electron chi connectivity index (χ4n) is 2.93. The molecule has 3 aromatic rings. The molecule has 0 aliphatic heterocycles. The Morgan fingerprint density at radius 1 is 1.24 bits per heavy atom. The highest BCUT2D eigenvalue weighted by molar-refractivity contribution is 7.89. The molecule has 9 nitrogen and oxygen atoms in total. The van der Waals surface area contributed by atoms with Crippen molar-refractivity contribution in [1.82, 2.24) is 24.1 Å². The molecule has 2 aromatic heterocycles. The number of anilines is 1. The van der Waals surface area contributed by atoms with Crippen molar-refractivity contribution in [1.29, 1.82) is 0 Å². The summed E-state index contributed by atoms with van der Waals surface area (Å²) in [4.78, 5) is 17.0. The molecule has 156 valence electrons. The first kappa shape index (κ1) is 21.3. The van der Waals surface area contributed by atoms with Crippen molar-refractivity contribution in [3.05, 3.63) is 29.0 Å². The van der Waals surface area contributed by atoms with Crippen LogP contribution >= 0.6 is 11.3 Å². The van der Waals surface area contributed by atoms with Crippen LogP contribution in [0.25, 0.3) is 11.0 Å². The monoisotopic (exact) mass is 436 g/mol. The number of nitrogens with zero attached hydrogens (tertiary/aromatic N) is 5. The molecule has 1 aromatic carbocycles. The normalized spacial score (nSPS) is 12.0. The van der Waals surface area contributed by atoms with Crippen molar-refractivity contribution in [3.63, 3.8) is 0 Å². The number of aromatic nitrogens is 4. The number of rotatable bonds is 8. The van der Waals surface area contributed by atoms with E-state index in [2.05, 4.69) is 20.5 Å². The quantitative estimate of drug-likeness (QED) is 0.580. The van der Waals surface area contributed by atoms with Gasteiger partial charge in [0.25, 0.3) is 0 Å². The van der Waals surface area contributed by atoms with Crippen LogP contribution in [0.3, 0.4) is 0 Å². The van der Waals surface area contributed by atoms with Crippen molar-refractivity contribution in [3.8, 4) is 0 Å². The zero-order valence-electron chi connectivity index (χ0n) is 16.8. The summed E-state index contributed by atoms with van der Waals surface area (Å²) < 4.78 is 27.9. The molecule has 0 fully saturated rings. The molecule has 0 radical (unpaired) electrons. The van der Waals surface area contributed by atoms with Gasteiger partial charge in [0.2, 0.25) is 21.1 Å². The number of hydrogen-bond donors (Lipinski definition) is 1. The Bertz CT molecular complexity index is 1130. The third-order valence-electron chi connectivity index (χ3n) is 4.48. The molecule has 1 N–H and O–H groups in total. The van der Waals surface area contributed by atoms with Gasteiger partial charge in [0, 0.05) is 33.5 Å². The Labute approximate surface area is 173 Å². The van der Waals surface area contributed by atoms with Gasteiger partial charge < -0.3 is 9.88 Å². The van der Waals surface area contributed by atoms with Crippen LogP contribution in [0.2, 0.25) is 0 Å². The average molecular weight is 437 g/mol. The van der Waals surface area contributed by atoms with E-state index in [0.29, 0.717) is 23.6 Å². The van der Waals surface area contributed by atoms with Crippen molar-refractivity contribution < 1.29 is 13.2 Å². The lowest BCUT2D eigenvalue weighted by molar-refractivity contribution is -0.116. The number of amides is 1. The molecule has 0 aliphatic carbocycles. The summed E-state index contributed by atoms with van der Waals surface area (Å²) in [5.74, 6) is 0.581. The first-order chi connectivity index (χ1) is 13.8. The van der Waals surface area contributed by atoms with E-state index in [0.717, 1.165) is 22.8 Å². The third-order valence-corrected chi connectivity index (χ3v) is 7.28. The lowest BCUT2D eigenvalue weighted by atomic mass is 10.3. The number of nitrogens with one attached hydrogen (secondary N) is 1. The first-order valence-electron chi connectivity index (χ1n) is 9.30. The largest absolute Gasteiger partial charge is 0.328 e. The standard InChI is InChI=1S/C18H24N6O3S2/c1-5-17-21-22-18(28-17)20-16(25)10-9-15-19-13-11-12(29(26,27)23(3)4)7-8-14(13)24(15)6-2/h7-8,11H,5-6,9-10H2,1-4H3,(H,20,22,25). The molecule has 0 spiro atoms. The number of benzene rings is 1. The second kappa shape index (κ2) is 8.56. The Kier molecular flexibility index (Phi) is 6.30. The molecule has 3 rings (SSSR count). The van der Waals surface area contributed by atoms with E-state index < -0.39 is 10.0 Å². The SMILES string of the molecule is CCc1nnc(NC(=O)CCc2nc3cc(S(=O)(=O)N(C)C)ccc3n2CC)s1. The number of carbonyl (C=O) groups excluding carboxylic acids is 1. The summed E-state index contributed by atoms with van der Waals surface area (Å²) in [5.41, 5.74) is 1.44. The minimum absolute atomic E-state index is 0.158. The minimum Gasteiger partial charge on any atom is -0.328 e. The third kappa shape index (κ3) is 4.46. The van der Waals surface area contributed by atoms with Gasteiger partial charge in [-0.05, 0) is 31.5 Å². The fourth-order valence-corrected chi connectivity index (χ4v) is 4.55. The summed E-state index contributed by atoms with van der Waals surface area (Å²) in [5, 5.41) is 12.1. The zero-order valence-corrected chi connectivity index (χ0v) is 18.5. The molecule has 1 amide bonds. The predicted octanol–water partition coefficient (Wildman–Crippen LogP) is 2.29. The fraction of sp³-hybridized carbons (Fsp3) is 0.444. The second-order valence-electron chi connectivity index (χ2n) is 6.61. The number of carbonyl (C=O) groups is 1. The van der Waals surface area contributed by atoms with Gasteiger partial charge in [-0.1, -0.05) is 18.3 Å². The average Bonchev–Trinajstić information content (AvgIpc) is 3.28. The zero-order chi connectivity index (χ0) is 21.2. The molecule has 0 aliphatic rings. The summed E-state index contributed by atoms with van der Waals surface area (Å²) in [6, 6.07) is 4.93. The summed E-state index contributed by atoms with van der Waals surface area (Å²) >= 11 is 1.36. The van der Waals surface area contributed by atoms with Crippen molar-refractivity contribution in [2.75, 3.05) is 19.4 Å². The van der Waals surface area contributed by atoms with Gasteiger partial charge in [-0.2, -0.15) is 0 Å². The van der Waals surface area contributed by atoms with E-state index in [1.807, 2.05) is 18.4 Å². The molecular weight excluding hydrogens is 412 g/mol. The maximum Gasteiger partial charge on any atom is 0.242 e. The lowest BCUT2D eigenvalue weighted by Crippen LogP contribution is -2.22. The van der Waals surface area contributed by atoms with Gasteiger partial charge in [-0.15, -0.1) is 10.2 Å². The number of aryl methyl sites for hydroxylation is 3. The molecule has 0 saturated heterocycles. The Hall–Kier alpha value is -2.37. The van der Waals surface area contributed by atoms with Gasteiger partial charge in [0.1, 0.15) is 10.8 Å². The molecule has 0 unspecified atom stereocenters. The van der Waals surface area contributed by atoms with E-state index in [1.54, 1.807) is 18.2 Å². The van der Waals surface area contributed by atoms with Gasteiger partial charge in [-0.3, -0.25) is 4.79 Å². The van der Waals surface area contributed by atoms with Gasteiger partial charge >= 0.3 is 0 Å². The topological polar surface area (TPSA) is 110 Å². The predicted molar refractivity (Wildman–Crippen MR) is 113 cm³/mol. The van der Waals surface area contributed by atoms with Crippen LogP contribution in [-0.4, -0.2) is 52.5 Å². The minimum atomic E-state index is -3.53. The molecular formula is C18H24N6O3S2. The van der Waals surface area contributed by atoms with E-state index in [-0.39, 0.29) is 17.2 Å². The number of imidazole rings is 1. The first-order valence-corrected chi connectivity index (χ1v) is 11.6. The van der Waals surface area contributed by atoms with E-state index >= 15 is 0 Å². The van der Waals surface area contributed by atoms with E-state index in [1.165, 1.54) is 29.7 Å². The van der Waals surface area contributed by atoms with E-state index in [9.17, 15) is 13.2 Å². The summed E-state index contributed by atoms with van der Waals surface area (Å²) in [6.07, 6.45) is 1.45. The molecule has 0 bridgehead atoms. The van der Waals surface area contributed by atoms with Gasteiger partial charge in [-0.25, -0.2) is 17.7 Å². The lowest BCUT2D eigenvalue weighted by Gasteiger charge is -2.11. The second-order valence-corrected chi connectivity index (χ2v) is 9.83. The van der Waals surface area contributed by atoms with Crippen LogP contribution in [-0.2, 0) is 34.2 Å². The highest BCUT2D eigenvalue weighted by Crippen LogP contribution is 2.23. The van der Waals surface area contributed by atoms with Gasteiger partial charge in [0.15, 0.2) is 0 Å². The van der Waals surface area contributed by atoms with Crippen LogP contribution in [0.1, 0.15) is 31.1 Å². The summed E-state index contributed by atoms with van der Waals surface area (Å²) in [7, 11) is -0.540. The highest BCUT2D eigenvalue weighted by Gasteiger charge is 2.20. The van der Waals surface area contributed by atoms with Crippen LogP contribution in [0, 0.1) is 0 Å². The van der Waals surface area contributed by atoms with Crippen molar-refractivity contribution in [2.24, 2.45) is 0 Å². The number of sulfonamides is 1. The van der Waals surface area contributed by atoms with Crippen molar-refractivity contribution in [2.45, 2.75) is 44.6 Å².